The Kier molecular flexibility index (Phi) is 5.06. The number of aryl methyl sites for hydroxylation is 1. The Labute approximate surface area is 102 Å². The molecule has 1 aromatic heterocycles. The van der Waals surface area contributed by atoms with Crippen molar-refractivity contribution in [2.75, 3.05) is 18.1 Å². The molecule has 0 aromatic carbocycles. The van der Waals surface area contributed by atoms with Gasteiger partial charge in [0, 0.05) is 24.8 Å². The summed E-state index contributed by atoms with van der Waals surface area (Å²) >= 11 is 1.82. The number of hydrogen-bond acceptors (Lipinski definition) is 4. The third-order valence-electron chi connectivity index (χ3n) is 2.25. The lowest BCUT2D eigenvalue weighted by atomic mass is 10.3. The van der Waals surface area contributed by atoms with E-state index in [1.807, 2.05) is 18.8 Å². The molecule has 4 heteroatoms. The Morgan fingerprint density at radius 3 is 2.50 bits per heavy atom. The van der Waals surface area contributed by atoms with E-state index in [0.717, 1.165) is 34.4 Å². The van der Waals surface area contributed by atoms with Crippen LogP contribution < -0.4 is 5.32 Å². The van der Waals surface area contributed by atoms with Gasteiger partial charge in [-0.1, -0.05) is 20.8 Å². The van der Waals surface area contributed by atoms with Crippen molar-refractivity contribution >= 4 is 17.6 Å². The van der Waals surface area contributed by atoms with E-state index in [0.29, 0.717) is 5.92 Å². The molecule has 0 amide bonds. The minimum Gasteiger partial charge on any atom is -0.373 e. The van der Waals surface area contributed by atoms with Crippen LogP contribution in [-0.2, 0) is 6.42 Å². The Balaban J connectivity index is 2.96. The Hall–Kier alpha value is -0.770. The molecule has 1 aromatic rings. The molecule has 0 spiro atoms. The molecule has 0 atom stereocenters. The monoisotopic (exact) mass is 239 g/mol. The van der Waals surface area contributed by atoms with Gasteiger partial charge in [0.2, 0.25) is 0 Å². The molecule has 0 saturated heterocycles. The van der Waals surface area contributed by atoms with Crippen molar-refractivity contribution in [3.63, 3.8) is 0 Å². The van der Waals surface area contributed by atoms with Gasteiger partial charge in [0.1, 0.15) is 16.7 Å². The lowest BCUT2D eigenvalue weighted by Gasteiger charge is -2.12. The maximum atomic E-state index is 4.58. The highest BCUT2D eigenvalue weighted by atomic mass is 32.2. The zero-order valence-corrected chi connectivity index (χ0v) is 11.6. The van der Waals surface area contributed by atoms with Crippen molar-refractivity contribution in [1.82, 2.24) is 9.97 Å². The standard InChI is InChI=1S/C12H21N3S/c1-6-10-14-11(13-5)9(4)12(15-10)16-7-8(2)3/h8H,6-7H2,1-5H3,(H,13,14,15). The van der Waals surface area contributed by atoms with Crippen molar-refractivity contribution in [2.45, 2.75) is 39.1 Å². The molecule has 0 aliphatic rings. The first kappa shape index (κ1) is 13.3. The molecule has 0 bridgehead atoms. The van der Waals surface area contributed by atoms with E-state index < -0.39 is 0 Å². The normalized spacial score (nSPS) is 10.9. The molecule has 0 unspecified atom stereocenters. The van der Waals surface area contributed by atoms with Crippen molar-refractivity contribution < 1.29 is 0 Å². The summed E-state index contributed by atoms with van der Waals surface area (Å²) in [6.45, 7) is 8.61. The summed E-state index contributed by atoms with van der Waals surface area (Å²) in [6, 6.07) is 0. The summed E-state index contributed by atoms with van der Waals surface area (Å²) in [4.78, 5) is 9.04. The number of anilines is 1. The molecule has 0 fully saturated rings. The van der Waals surface area contributed by atoms with Gasteiger partial charge in [0.25, 0.3) is 0 Å². The molecule has 16 heavy (non-hydrogen) atoms. The molecule has 0 saturated carbocycles. The fourth-order valence-corrected chi connectivity index (χ4v) is 2.30. The van der Waals surface area contributed by atoms with Gasteiger partial charge in [-0.3, -0.25) is 0 Å². The summed E-state index contributed by atoms with van der Waals surface area (Å²) in [7, 11) is 1.91. The average Bonchev–Trinajstić information content (AvgIpc) is 2.27. The first-order chi connectivity index (χ1) is 7.58. The van der Waals surface area contributed by atoms with E-state index >= 15 is 0 Å². The highest BCUT2D eigenvalue weighted by Gasteiger charge is 2.10. The molecule has 1 N–H and O–H groups in total. The molecule has 1 rings (SSSR count). The zero-order chi connectivity index (χ0) is 12.1. The van der Waals surface area contributed by atoms with Crippen molar-refractivity contribution in [2.24, 2.45) is 5.92 Å². The highest BCUT2D eigenvalue weighted by molar-refractivity contribution is 7.99. The largest absolute Gasteiger partial charge is 0.373 e. The molecule has 0 aliphatic heterocycles. The van der Waals surface area contributed by atoms with Crippen LogP contribution >= 0.6 is 11.8 Å². The van der Waals surface area contributed by atoms with Gasteiger partial charge in [0.05, 0.1) is 0 Å². The molecular weight excluding hydrogens is 218 g/mol. The molecule has 0 radical (unpaired) electrons. The lowest BCUT2D eigenvalue weighted by molar-refractivity contribution is 0.748. The summed E-state index contributed by atoms with van der Waals surface area (Å²) in [5, 5.41) is 4.25. The van der Waals surface area contributed by atoms with Gasteiger partial charge >= 0.3 is 0 Å². The first-order valence-corrected chi connectivity index (χ1v) is 6.75. The predicted molar refractivity (Wildman–Crippen MR) is 71.3 cm³/mol. The van der Waals surface area contributed by atoms with E-state index in [1.54, 1.807) is 0 Å². The minimum absolute atomic E-state index is 0.683. The van der Waals surface area contributed by atoms with Crippen molar-refractivity contribution in [3.8, 4) is 0 Å². The number of nitrogens with zero attached hydrogens (tertiary/aromatic N) is 2. The average molecular weight is 239 g/mol. The molecule has 1 heterocycles. The quantitative estimate of drug-likeness (QED) is 0.633. The second-order valence-electron chi connectivity index (χ2n) is 4.23. The van der Waals surface area contributed by atoms with E-state index in [-0.39, 0.29) is 0 Å². The van der Waals surface area contributed by atoms with Gasteiger partial charge in [-0.2, -0.15) is 0 Å². The number of thioether (sulfide) groups is 1. The van der Waals surface area contributed by atoms with Gasteiger partial charge in [-0.05, 0) is 12.8 Å². The van der Waals surface area contributed by atoms with Crippen molar-refractivity contribution in [1.29, 1.82) is 0 Å². The zero-order valence-electron chi connectivity index (χ0n) is 10.8. The second-order valence-corrected chi connectivity index (χ2v) is 5.24. The van der Waals surface area contributed by atoms with Crippen LogP contribution in [0.1, 0.15) is 32.2 Å². The van der Waals surface area contributed by atoms with Crippen LogP contribution in [0.3, 0.4) is 0 Å². The van der Waals surface area contributed by atoms with Crippen molar-refractivity contribution in [3.05, 3.63) is 11.4 Å². The Bertz CT molecular complexity index is 350. The maximum Gasteiger partial charge on any atom is 0.133 e. The number of hydrogen-bond donors (Lipinski definition) is 1. The lowest BCUT2D eigenvalue weighted by Crippen LogP contribution is -2.05. The van der Waals surface area contributed by atoms with Gasteiger partial charge in [-0.25, -0.2) is 9.97 Å². The number of nitrogens with one attached hydrogen (secondary N) is 1. The van der Waals surface area contributed by atoms with Crippen LogP contribution in [0.5, 0.6) is 0 Å². The Morgan fingerprint density at radius 1 is 1.31 bits per heavy atom. The highest BCUT2D eigenvalue weighted by Crippen LogP contribution is 2.26. The van der Waals surface area contributed by atoms with E-state index in [9.17, 15) is 0 Å². The smallest absolute Gasteiger partial charge is 0.133 e. The van der Waals surface area contributed by atoms with Crippen LogP contribution in [-0.4, -0.2) is 22.8 Å². The summed E-state index contributed by atoms with van der Waals surface area (Å²) in [6.07, 6.45) is 0.879. The summed E-state index contributed by atoms with van der Waals surface area (Å²) < 4.78 is 0. The number of aromatic nitrogens is 2. The SMILES string of the molecule is CCc1nc(NC)c(C)c(SCC(C)C)n1. The minimum atomic E-state index is 0.683. The third kappa shape index (κ3) is 3.37. The van der Waals surface area contributed by atoms with E-state index in [1.165, 1.54) is 0 Å². The van der Waals surface area contributed by atoms with Crippen LogP contribution in [0.2, 0.25) is 0 Å². The van der Waals surface area contributed by atoms with Gasteiger partial charge < -0.3 is 5.32 Å². The van der Waals surface area contributed by atoms with E-state index in [4.69, 9.17) is 0 Å². The molecule has 90 valence electrons. The fraction of sp³-hybridized carbons (Fsp3) is 0.667. The second kappa shape index (κ2) is 6.09. The molecular formula is C12H21N3S. The maximum absolute atomic E-state index is 4.58. The first-order valence-electron chi connectivity index (χ1n) is 5.76. The van der Waals surface area contributed by atoms with Crippen LogP contribution in [0.25, 0.3) is 0 Å². The third-order valence-corrected chi connectivity index (χ3v) is 3.76. The molecule has 3 nitrogen and oxygen atoms in total. The Morgan fingerprint density at radius 2 is 2.00 bits per heavy atom. The van der Waals surface area contributed by atoms with Crippen LogP contribution in [0.4, 0.5) is 5.82 Å². The van der Waals surface area contributed by atoms with Crippen LogP contribution in [0, 0.1) is 12.8 Å². The predicted octanol–water partition coefficient (Wildman–Crippen LogP) is 3.14. The topological polar surface area (TPSA) is 37.8 Å². The van der Waals surface area contributed by atoms with E-state index in [2.05, 4.69) is 43.0 Å². The van der Waals surface area contributed by atoms with Crippen LogP contribution in [0.15, 0.2) is 5.03 Å². The molecule has 0 aliphatic carbocycles. The summed E-state index contributed by atoms with van der Waals surface area (Å²) in [5.74, 6) is 3.66. The summed E-state index contributed by atoms with van der Waals surface area (Å²) in [5.41, 5.74) is 1.16. The number of rotatable bonds is 5. The fourth-order valence-electron chi connectivity index (χ4n) is 1.33. The van der Waals surface area contributed by atoms with Gasteiger partial charge in [0.15, 0.2) is 0 Å². The van der Waals surface area contributed by atoms with Gasteiger partial charge in [-0.15, -0.1) is 11.8 Å².